The maximum atomic E-state index is 12.3. The summed E-state index contributed by atoms with van der Waals surface area (Å²) >= 11 is 0. The van der Waals surface area contributed by atoms with Crippen molar-refractivity contribution in [3.05, 3.63) is 24.5 Å². The van der Waals surface area contributed by atoms with Crippen LogP contribution in [0.3, 0.4) is 0 Å². The third kappa shape index (κ3) is 4.03. The van der Waals surface area contributed by atoms with E-state index in [1.165, 1.54) is 0 Å². The van der Waals surface area contributed by atoms with Crippen LogP contribution in [-0.2, 0) is 9.59 Å². The lowest BCUT2D eigenvalue weighted by Gasteiger charge is -2.35. The highest BCUT2D eigenvalue weighted by molar-refractivity contribution is 5.93. The van der Waals surface area contributed by atoms with Gasteiger partial charge in [0.25, 0.3) is 0 Å². The lowest BCUT2D eigenvalue weighted by atomic mass is 9.91. The van der Waals surface area contributed by atoms with Crippen molar-refractivity contribution in [1.29, 1.82) is 0 Å². The highest BCUT2D eigenvalue weighted by Crippen LogP contribution is 2.24. The minimum Gasteiger partial charge on any atom is -0.341 e. The van der Waals surface area contributed by atoms with Gasteiger partial charge in [-0.15, -0.1) is 0 Å². The minimum atomic E-state index is -0.401. The number of anilines is 1. The summed E-state index contributed by atoms with van der Waals surface area (Å²) in [5.41, 5.74) is 0.295. The summed E-state index contributed by atoms with van der Waals surface area (Å²) in [6, 6.07) is 3.59. The van der Waals surface area contributed by atoms with Gasteiger partial charge in [0.2, 0.25) is 11.8 Å². The van der Waals surface area contributed by atoms with E-state index in [1.54, 1.807) is 18.5 Å². The van der Waals surface area contributed by atoms with Gasteiger partial charge in [-0.2, -0.15) is 0 Å². The van der Waals surface area contributed by atoms with Crippen molar-refractivity contribution in [2.24, 2.45) is 11.3 Å². The Morgan fingerprint density at radius 3 is 2.76 bits per heavy atom. The van der Waals surface area contributed by atoms with Crippen LogP contribution in [0.15, 0.2) is 24.5 Å². The number of carbonyl (C=O) groups is 2. The monoisotopic (exact) mass is 289 g/mol. The second-order valence-electron chi connectivity index (χ2n) is 6.57. The van der Waals surface area contributed by atoms with E-state index < -0.39 is 5.41 Å². The Labute approximate surface area is 125 Å². The van der Waals surface area contributed by atoms with E-state index in [4.69, 9.17) is 0 Å². The van der Waals surface area contributed by atoms with Crippen molar-refractivity contribution in [2.45, 2.75) is 33.6 Å². The van der Waals surface area contributed by atoms with Gasteiger partial charge >= 0.3 is 0 Å². The fourth-order valence-electron chi connectivity index (χ4n) is 2.53. The normalized spacial score (nSPS) is 19.2. The number of amides is 2. The molecule has 1 aromatic rings. The maximum absolute atomic E-state index is 12.3. The summed E-state index contributed by atoms with van der Waals surface area (Å²) in [6.07, 6.45) is 4.98. The quantitative estimate of drug-likeness (QED) is 0.908. The van der Waals surface area contributed by atoms with Gasteiger partial charge in [-0.05, 0) is 25.0 Å². The summed E-state index contributed by atoms with van der Waals surface area (Å²) in [5.74, 6) is -0.0685. The second kappa shape index (κ2) is 6.24. The predicted molar refractivity (Wildman–Crippen MR) is 81.6 cm³/mol. The lowest BCUT2D eigenvalue weighted by Crippen LogP contribution is -2.47. The molecular weight excluding hydrogens is 266 g/mol. The molecule has 1 fully saturated rings. The first kappa shape index (κ1) is 15.5. The Bertz CT molecular complexity index is 508. The summed E-state index contributed by atoms with van der Waals surface area (Å²) in [4.78, 5) is 30.4. The van der Waals surface area contributed by atoms with Crippen molar-refractivity contribution in [3.63, 3.8) is 0 Å². The molecule has 21 heavy (non-hydrogen) atoms. The summed E-state index contributed by atoms with van der Waals surface area (Å²) in [5, 5.41) is 2.87. The molecule has 5 nitrogen and oxygen atoms in total. The Balaban J connectivity index is 1.98. The topological polar surface area (TPSA) is 62.3 Å². The van der Waals surface area contributed by atoms with Crippen LogP contribution in [-0.4, -0.2) is 34.8 Å². The molecule has 1 N–H and O–H groups in total. The van der Waals surface area contributed by atoms with Crippen LogP contribution < -0.4 is 5.32 Å². The van der Waals surface area contributed by atoms with E-state index >= 15 is 0 Å². The molecule has 5 heteroatoms. The Hall–Kier alpha value is -1.91. The van der Waals surface area contributed by atoms with E-state index in [2.05, 4.69) is 10.3 Å². The van der Waals surface area contributed by atoms with Crippen LogP contribution in [0.2, 0.25) is 0 Å². The van der Waals surface area contributed by atoms with Crippen LogP contribution in [0.5, 0.6) is 0 Å². The highest BCUT2D eigenvalue weighted by Gasteiger charge is 2.33. The van der Waals surface area contributed by atoms with Gasteiger partial charge in [-0.1, -0.05) is 20.8 Å². The van der Waals surface area contributed by atoms with Crippen LogP contribution in [0.25, 0.3) is 0 Å². The smallest absolute Gasteiger partial charge is 0.229 e. The van der Waals surface area contributed by atoms with E-state index in [1.807, 2.05) is 31.7 Å². The number of piperidine rings is 1. The third-order valence-corrected chi connectivity index (χ3v) is 3.65. The second-order valence-corrected chi connectivity index (χ2v) is 6.57. The van der Waals surface area contributed by atoms with Gasteiger partial charge < -0.3 is 10.2 Å². The molecule has 1 aliphatic rings. The molecule has 1 saturated heterocycles. The molecule has 2 heterocycles. The molecule has 0 saturated carbocycles. The van der Waals surface area contributed by atoms with E-state index in [9.17, 15) is 9.59 Å². The third-order valence-electron chi connectivity index (χ3n) is 3.65. The van der Waals surface area contributed by atoms with E-state index in [0.717, 1.165) is 19.4 Å². The van der Waals surface area contributed by atoms with E-state index in [0.29, 0.717) is 12.2 Å². The molecule has 2 rings (SSSR count). The van der Waals surface area contributed by atoms with Gasteiger partial charge in [0.05, 0.1) is 17.8 Å². The van der Waals surface area contributed by atoms with Crippen molar-refractivity contribution in [3.8, 4) is 0 Å². The molecule has 1 atom stereocenters. The Morgan fingerprint density at radius 2 is 2.14 bits per heavy atom. The average Bonchev–Trinajstić information content (AvgIpc) is 2.46. The minimum absolute atomic E-state index is 0.0330. The Morgan fingerprint density at radius 1 is 1.38 bits per heavy atom. The van der Waals surface area contributed by atoms with Crippen LogP contribution >= 0.6 is 0 Å². The van der Waals surface area contributed by atoms with Crippen molar-refractivity contribution in [1.82, 2.24) is 9.88 Å². The van der Waals surface area contributed by atoms with E-state index in [-0.39, 0.29) is 17.7 Å². The SMILES string of the molecule is CC(C)(C)C(=O)N1CCC[C@@H](C(=O)Nc2cccnc2)C1. The molecular formula is C16H23N3O2. The number of nitrogens with zero attached hydrogens (tertiary/aromatic N) is 2. The number of likely N-dealkylation sites (tertiary alicyclic amines) is 1. The zero-order valence-corrected chi connectivity index (χ0v) is 12.9. The summed E-state index contributed by atoms with van der Waals surface area (Å²) < 4.78 is 0. The number of hydrogen-bond donors (Lipinski definition) is 1. The number of rotatable bonds is 2. The molecule has 114 valence electrons. The Kier molecular flexibility index (Phi) is 4.60. The standard InChI is InChI=1S/C16H23N3O2/c1-16(2,3)15(21)19-9-5-6-12(11-19)14(20)18-13-7-4-8-17-10-13/h4,7-8,10,12H,5-6,9,11H2,1-3H3,(H,18,20)/t12-/m1/s1. The molecule has 1 aromatic heterocycles. The number of nitrogens with one attached hydrogen (secondary N) is 1. The average molecular weight is 289 g/mol. The van der Waals surface area contributed by atoms with Crippen LogP contribution in [0, 0.1) is 11.3 Å². The molecule has 0 spiro atoms. The predicted octanol–water partition coefficient (Wildman–Crippen LogP) is 2.30. The van der Waals surface area contributed by atoms with Crippen molar-refractivity contribution >= 4 is 17.5 Å². The van der Waals surface area contributed by atoms with Gasteiger partial charge in [0, 0.05) is 24.7 Å². The van der Waals surface area contributed by atoms with Gasteiger partial charge in [0.15, 0.2) is 0 Å². The van der Waals surface area contributed by atoms with Gasteiger partial charge in [-0.25, -0.2) is 0 Å². The number of aromatic nitrogens is 1. The lowest BCUT2D eigenvalue weighted by molar-refractivity contribution is -0.142. The molecule has 1 aliphatic heterocycles. The van der Waals surface area contributed by atoms with Crippen LogP contribution in [0.1, 0.15) is 33.6 Å². The van der Waals surface area contributed by atoms with Crippen molar-refractivity contribution < 1.29 is 9.59 Å². The van der Waals surface area contributed by atoms with Gasteiger partial charge in [0.1, 0.15) is 0 Å². The maximum Gasteiger partial charge on any atom is 0.229 e. The molecule has 2 amide bonds. The first-order valence-electron chi connectivity index (χ1n) is 7.38. The fraction of sp³-hybridized carbons (Fsp3) is 0.562. The zero-order chi connectivity index (χ0) is 15.5. The first-order valence-corrected chi connectivity index (χ1v) is 7.38. The summed E-state index contributed by atoms with van der Waals surface area (Å²) in [7, 11) is 0. The van der Waals surface area contributed by atoms with Gasteiger partial charge in [-0.3, -0.25) is 14.6 Å². The molecule has 0 unspecified atom stereocenters. The van der Waals surface area contributed by atoms with Crippen LogP contribution in [0.4, 0.5) is 5.69 Å². The van der Waals surface area contributed by atoms with Crippen molar-refractivity contribution in [2.75, 3.05) is 18.4 Å². The number of pyridine rings is 1. The molecule has 0 bridgehead atoms. The first-order chi connectivity index (χ1) is 9.88. The summed E-state index contributed by atoms with van der Waals surface area (Å²) in [6.45, 7) is 6.98. The molecule has 0 aliphatic carbocycles. The highest BCUT2D eigenvalue weighted by atomic mass is 16.2. The number of hydrogen-bond acceptors (Lipinski definition) is 3. The zero-order valence-electron chi connectivity index (χ0n) is 12.9. The fourth-order valence-corrected chi connectivity index (χ4v) is 2.53. The number of carbonyl (C=O) groups excluding carboxylic acids is 2. The molecule has 0 radical (unpaired) electrons. The molecule has 0 aromatic carbocycles. The largest absolute Gasteiger partial charge is 0.341 e.